The maximum atomic E-state index is 12.0. The van der Waals surface area contributed by atoms with Crippen LogP contribution < -0.4 is 0 Å². The summed E-state index contributed by atoms with van der Waals surface area (Å²) in [5.74, 6) is 3.11. The molecule has 2 rings (SSSR count). The third-order valence-corrected chi connectivity index (χ3v) is 5.93. The van der Waals surface area contributed by atoms with Gasteiger partial charge in [-0.25, -0.2) is 0 Å². The number of alkyl halides is 1. The van der Waals surface area contributed by atoms with Gasteiger partial charge >= 0.3 is 0 Å². The molecule has 2 aliphatic rings. The second-order valence-electron chi connectivity index (χ2n) is 7.40. The van der Waals surface area contributed by atoms with Gasteiger partial charge in [0.2, 0.25) is 0 Å². The summed E-state index contributed by atoms with van der Waals surface area (Å²) in [5, 5.41) is 9.00. The van der Waals surface area contributed by atoms with Gasteiger partial charge in [-0.3, -0.25) is 4.39 Å². The molecule has 0 atom stereocenters. The van der Waals surface area contributed by atoms with Crippen LogP contribution in [0.25, 0.3) is 0 Å². The molecule has 124 valence electrons. The van der Waals surface area contributed by atoms with Crippen molar-refractivity contribution in [1.29, 1.82) is 5.26 Å². The molecule has 1 nitrogen and oxygen atoms in total. The highest BCUT2D eigenvalue weighted by atomic mass is 19.1. The van der Waals surface area contributed by atoms with Gasteiger partial charge in [-0.2, -0.15) is 5.26 Å². The molecule has 2 aliphatic carbocycles. The topological polar surface area (TPSA) is 23.8 Å². The lowest BCUT2D eigenvalue weighted by Gasteiger charge is -2.36. The Hall–Kier alpha value is -0.840. The zero-order valence-corrected chi connectivity index (χ0v) is 14.0. The van der Waals surface area contributed by atoms with Crippen molar-refractivity contribution in [2.45, 2.75) is 77.0 Å². The number of hydrogen-bond acceptors (Lipinski definition) is 1. The van der Waals surface area contributed by atoms with Crippen molar-refractivity contribution in [1.82, 2.24) is 0 Å². The first-order chi connectivity index (χ1) is 10.8. The van der Waals surface area contributed by atoms with E-state index in [9.17, 15) is 4.39 Å². The minimum atomic E-state index is -0.190. The Morgan fingerprint density at radius 3 is 2.05 bits per heavy atom. The molecule has 0 saturated heterocycles. The number of hydrogen-bond donors (Lipinski definition) is 0. The first-order valence-electron chi connectivity index (χ1n) is 9.44. The Bertz CT molecular complexity index is 354. The molecule has 2 saturated carbocycles. The summed E-state index contributed by atoms with van der Waals surface area (Å²) in [6, 6.07) is 2.45. The Morgan fingerprint density at radius 1 is 0.864 bits per heavy atom. The number of rotatable bonds is 7. The molecule has 0 N–H and O–H groups in total. The monoisotopic (exact) mass is 305 g/mol. The molecular weight excluding hydrogens is 273 g/mol. The van der Waals surface area contributed by atoms with E-state index in [0.29, 0.717) is 12.3 Å². The lowest BCUT2D eigenvalue weighted by molar-refractivity contribution is 0.154. The third kappa shape index (κ3) is 5.75. The zero-order chi connectivity index (χ0) is 15.6. The summed E-state index contributed by atoms with van der Waals surface area (Å²) < 4.78 is 12.0. The lowest BCUT2D eigenvalue weighted by atomic mass is 9.69. The smallest absolute Gasteiger partial charge is 0.0897 e. The Balaban J connectivity index is 1.58. The van der Waals surface area contributed by atoms with E-state index in [1.54, 1.807) is 0 Å². The van der Waals surface area contributed by atoms with Crippen LogP contribution in [0.5, 0.6) is 0 Å². The van der Waals surface area contributed by atoms with Crippen LogP contribution in [-0.2, 0) is 0 Å². The summed E-state index contributed by atoms with van der Waals surface area (Å²) in [5.41, 5.74) is 0. The molecule has 2 heteroatoms. The normalized spacial score (nSPS) is 32.9. The minimum Gasteiger partial charge on any atom is -0.251 e. The molecule has 0 unspecified atom stereocenters. The van der Waals surface area contributed by atoms with Crippen molar-refractivity contribution in [2.75, 3.05) is 6.67 Å². The fourth-order valence-corrected chi connectivity index (χ4v) is 4.43. The second-order valence-corrected chi connectivity index (χ2v) is 7.40. The predicted molar refractivity (Wildman–Crippen MR) is 90.1 cm³/mol. The van der Waals surface area contributed by atoms with Crippen LogP contribution in [0.2, 0.25) is 0 Å². The van der Waals surface area contributed by atoms with Crippen molar-refractivity contribution in [2.24, 2.45) is 23.7 Å². The molecule has 0 aromatic rings. The molecule has 2 fully saturated rings. The highest BCUT2D eigenvalue weighted by molar-refractivity contribution is 4.90. The van der Waals surface area contributed by atoms with Crippen LogP contribution in [0.1, 0.15) is 77.0 Å². The van der Waals surface area contributed by atoms with E-state index in [-0.39, 0.29) is 6.67 Å². The largest absolute Gasteiger partial charge is 0.251 e. The summed E-state index contributed by atoms with van der Waals surface area (Å²) in [7, 11) is 0. The molecular formula is C20H32FN. The number of halogens is 1. The quantitative estimate of drug-likeness (QED) is 0.405. The van der Waals surface area contributed by atoms with Crippen LogP contribution in [0.3, 0.4) is 0 Å². The van der Waals surface area contributed by atoms with E-state index < -0.39 is 0 Å². The van der Waals surface area contributed by atoms with Crippen molar-refractivity contribution in [3.63, 3.8) is 0 Å². The second kappa shape index (κ2) is 10.0. The van der Waals surface area contributed by atoms with Crippen molar-refractivity contribution in [3.05, 3.63) is 12.2 Å². The molecule has 22 heavy (non-hydrogen) atoms. The van der Waals surface area contributed by atoms with Crippen LogP contribution in [0.15, 0.2) is 12.2 Å². The van der Waals surface area contributed by atoms with E-state index in [4.69, 9.17) is 5.26 Å². The van der Waals surface area contributed by atoms with Gasteiger partial charge in [0.25, 0.3) is 0 Å². The van der Waals surface area contributed by atoms with Gasteiger partial charge in [0.05, 0.1) is 12.7 Å². The third-order valence-electron chi connectivity index (χ3n) is 5.93. The Morgan fingerprint density at radius 2 is 1.45 bits per heavy atom. The van der Waals surface area contributed by atoms with Gasteiger partial charge in [-0.15, -0.1) is 0 Å². The van der Waals surface area contributed by atoms with Gasteiger partial charge < -0.3 is 0 Å². The highest BCUT2D eigenvalue weighted by Crippen LogP contribution is 2.42. The van der Waals surface area contributed by atoms with Crippen molar-refractivity contribution >= 4 is 0 Å². The molecule has 0 aliphatic heterocycles. The van der Waals surface area contributed by atoms with E-state index in [1.807, 2.05) is 0 Å². The molecule has 0 aromatic carbocycles. The van der Waals surface area contributed by atoms with Crippen molar-refractivity contribution < 1.29 is 4.39 Å². The van der Waals surface area contributed by atoms with Gasteiger partial charge in [-0.1, -0.05) is 25.0 Å². The Labute approximate surface area is 136 Å². The van der Waals surface area contributed by atoms with E-state index in [1.165, 1.54) is 51.4 Å². The number of nitrogens with zero attached hydrogens (tertiary/aromatic N) is 1. The maximum Gasteiger partial charge on any atom is 0.0897 e. The average molecular weight is 305 g/mol. The maximum absolute atomic E-state index is 12.0. The number of unbranched alkanes of at least 4 members (excludes halogenated alkanes) is 1. The minimum absolute atomic E-state index is 0.190. The van der Waals surface area contributed by atoms with Crippen LogP contribution in [-0.4, -0.2) is 6.67 Å². The predicted octanol–water partition coefficient (Wildman–Crippen LogP) is 6.21. The molecule has 0 amide bonds. The standard InChI is InChI=1S/C20H32FN/c21-15-5-3-1-2-4-6-17-7-11-19(12-8-17)20-13-9-18(16-22)10-14-20/h1-2,17-20H,3-15H2/b2-1+/t17-,18?,19-,20?. The zero-order valence-electron chi connectivity index (χ0n) is 14.0. The van der Waals surface area contributed by atoms with E-state index in [2.05, 4.69) is 18.2 Å². The number of allylic oxidation sites excluding steroid dienone is 2. The fourth-order valence-electron chi connectivity index (χ4n) is 4.43. The van der Waals surface area contributed by atoms with Gasteiger partial charge in [0, 0.05) is 5.92 Å². The molecule has 0 bridgehead atoms. The lowest BCUT2D eigenvalue weighted by Crippen LogP contribution is -2.25. The molecule has 0 heterocycles. The summed E-state index contributed by atoms with van der Waals surface area (Å²) in [4.78, 5) is 0. The first kappa shape index (κ1) is 17.5. The molecule has 0 radical (unpaired) electrons. The van der Waals surface area contributed by atoms with Crippen LogP contribution in [0.4, 0.5) is 4.39 Å². The SMILES string of the molecule is N#CC1CCC([C@H]2CC[C@H](CC/C=C/CCCF)CC2)CC1. The van der Waals surface area contributed by atoms with Gasteiger partial charge in [-0.05, 0) is 82.0 Å². The van der Waals surface area contributed by atoms with Crippen molar-refractivity contribution in [3.8, 4) is 6.07 Å². The Kier molecular flexibility index (Phi) is 7.99. The summed E-state index contributed by atoms with van der Waals surface area (Å²) in [6.45, 7) is -0.190. The summed E-state index contributed by atoms with van der Waals surface area (Å²) >= 11 is 0. The highest BCUT2D eigenvalue weighted by Gasteiger charge is 2.30. The molecule has 0 aromatic heterocycles. The van der Waals surface area contributed by atoms with E-state index in [0.717, 1.165) is 37.0 Å². The van der Waals surface area contributed by atoms with Gasteiger partial charge in [0.15, 0.2) is 0 Å². The summed E-state index contributed by atoms with van der Waals surface area (Å²) in [6.07, 6.45) is 19.0. The van der Waals surface area contributed by atoms with E-state index >= 15 is 0 Å². The van der Waals surface area contributed by atoms with Crippen LogP contribution >= 0.6 is 0 Å². The van der Waals surface area contributed by atoms with Gasteiger partial charge in [0.1, 0.15) is 0 Å². The first-order valence-corrected chi connectivity index (χ1v) is 9.44. The number of nitriles is 1. The fraction of sp³-hybridized carbons (Fsp3) is 0.850. The van der Waals surface area contributed by atoms with Crippen LogP contribution in [0, 0.1) is 35.0 Å². The average Bonchev–Trinajstić information content (AvgIpc) is 2.59. The molecule has 0 spiro atoms.